The number of nitrogens with zero attached hydrogens (tertiary/aromatic N) is 1. The van der Waals surface area contributed by atoms with Crippen molar-refractivity contribution in [2.24, 2.45) is 0 Å². The van der Waals surface area contributed by atoms with E-state index in [1.807, 2.05) is 0 Å². The third-order valence-corrected chi connectivity index (χ3v) is 3.15. The summed E-state index contributed by atoms with van der Waals surface area (Å²) >= 11 is 0. The summed E-state index contributed by atoms with van der Waals surface area (Å²) in [6.45, 7) is 4.70. The van der Waals surface area contributed by atoms with Gasteiger partial charge in [0, 0.05) is 37.8 Å². The molecule has 1 amide bonds. The molecule has 108 valence electrons. The Hall–Kier alpha value is -1.72. The van der Waals surface area contributed by atoms with Gasteiger partial charge >= 0.3 is 0 Å². The van der Waals surface area contributed by atoms with Gasteiger partial charge in [0.05, 0.1) is 13.2 Å². The van der Waals surface area contributed by atoms with Gasteiger partial charge in [-0.2, -0.15) is 0 Å². The molecule has 1 aromatic rings. The van der Waals surface area contributed by atoms with Crippen LogP contribution < -0.4 is 5.32 Å². The van der Waals surface area contributed by atoms with Gasteiger partial charge in [0.2, 0.25) is 5.91 Å². The fourth-order valence-corrected chi connectivity index (χ4v) is 2.00. The van der Waals surface area contributed by atoms with E-state index < -0.39 is 0 Å². The fourth-order valence-electron chi connectivity index (χ4n) is 2.00. The highest BCUT2D eigenvalue weighted by Crippen LogP contribution is 2.07. The zero-order chi connectivity index (χ0) is 14.2. The van der Waals surface area contributed by atoms with Gasteiger partial charge in [0.1, 0.15) is 5.82 Å². The van der Waals surface area contributed by atoms with E-state index >= 15 is 0 Å². The van der Waals surface area contributed by atoms with Crippen LogP contribution in [0.2, 0.25) is 0 Å². The normalized spacial score (nSPS) is 16.4. The van der Waals surface area contributed by atoms with Crippen LogP contribution in [-0.2, 0) is 9.53 Å². The number of carbonyl (C=O) groups excluding carboxylic acids is 1. The molecule has 4 nitrogen and oxygen atoms in total. The number of halogens is 1. The summed E-state index contributed by atoms with van der Waals surface area (Å²) in [5.41, 5.74) is 0.413. The van der Waals surface area contributed by atoms with Crippen molar-refractivity contribution >= 4 is 12.0 Å². The quantitative estimate of drug-likeness (QED) is 0.825. The largest absolute Gasteiger partial charge is 0.379 e. The van der Waals surface area contributed by atoms with Crippen LogP contribution in [0.15, 0.2) is 30.3 Å². The van der Waals surface area contributed by atoms with Crippen LogP contribution in [-0.4, -0.2) is 50.2 Å². The Morgan fingerprint density at radius 3 is 2.85 bits per heavy atom. The molecule has 0 saturated carbocycles. The molecule has 0 bridgehead atoms. The van der Waals surface area contributed by atoms with Crippen molar-refractivity contribution in [3.8, 4) is 0 Å². The van der Waals surface area contributed by atoms with Crippen LogP contribution in [0.1, 0.15) is 5.56 Å². The molecule has 1 aliphatic rings. The summed E-state index contributed by atoms with van der Waals surface area (Å²) < 4.78 is 18.6. The Labute approximate surface area is 118 Å². The van der Waals surface area contributed by atoms with Gasteiger partial charge in [-0.3, -0.25) is 9.69 Å². The van der Waals surface area contributed by atoms with Crippen molar-refractivity contribution in [2.45, 2.75) is 0 Å². The number of hydrogen-bond acceptors (Lipinski definition) is 3. The van der Waals surface area contributed by atoms with Gasteiger partial charge in [-0.25, -0.2) is 4.39 Å². The predicted molar refractivity (Wildman–Crippen MR) is 75.7 cm³/mol. The van der Waals surface area contributed by atoms with E-state index in [1.165, 1.54) is 18.2 Å². The van der Waals surface area contributed by atoms with Crippen molar-refractivity contribution in [1.29, 1.82) is 0 Å². The smallest absolute Gasteiger partial charge is 0.244 e. The number of ether oxygens (including phenoxy) is 1. The molecule has 0 aromatic heterocycles. The number of morpholine rings is 1. The van der Waals surface area contributed by atoms with Gasteiger partial charge in [-0.15, -0.1) is 0 Å². The molecule has 1 fully saturated rings. The zero-order valence-corrected chi connectivity index (χ0v) is 11.3. The third kappa shape index (κ3) is 4.75. The van der Waals surface area contributed by atoms with Gasteiger partial charge < -0.3 is 10.1 Å². The lowest BCUT2D eigenvalue weighted by Crippen LogP contribution is -2.41. The minimum atomic E-state index is -0.329. The Balaban J connectivity index is 1.71. The summed E-state index contributed by atoms with van der Waals surface area (Å²) in [7, 11) is 0. The first kappa shape index (κ1) is 14.7. The van der Waals surface area contributed by atoms with Crippen molar-refractivity contribution in [3.63, 3.8) is 0 Å². The van der Waals surface area contributed by atoms with Crippen LogP contribution in [0, 0.1) is 5.82 Å². The highest BCUT2D eigenvalue weighted by molar-refractivity contribution is 5.91. The average molecular weight is 278 g/mol. The van der Waals surface area contributed by atoms with Crippen LogP contribution >= 0.6 is 0 Å². The molecule has 1 heterocycles. The lowest BCUT2D eigenvalue weighted by molar-refractivity contribution is -0.116. The maximum Gasteiger partial charge on any atom is 0.244 e. The first-order valence-corrected chi connectivity index (χ1v) is 6.76. The SMILES string of the molecule is O=C(C=Cc1ccccc1F)NCCN1CCOCC1. The molecule has 0 unspecified atom stereocenters. The Morgan fingerprint density at radius 2 is 2.10 bits per heavy atom. The van der Waals surface area contributed by atoms with E-state index in [4.69, 9.17) is 4.74 Å². The summed E-state index contributed by atoms with van der Waals surface area (Å²) in [6.07, 6.45) is 2.84. The van der Waals surface area contributed by atoms with Crippen LogP contribution in [0.4, 0.5) is 4.39 Å². The van der Waals surface area contributed by atoms with Crippen molar-refractivity contribution in [3.05, 3.63) is 41.7 Å². The summed E-state index contributed by atoms with van der Waals surface area (Å²) in [5, 5.41) is 2.79. The van der Waals surface area contributed by atoms with E-state index in [9.17, 15) is 9.18 Å². The van der Waals surface area contributed by atoms with Crippen molar-refractivity contribution < 1.29 is 13.9 Å². The molecule has 20 heavy (non-hydrogen) atoms. The van der Waals surface area contributed by atoms with E-state index in [0.29, 0.717) is 12.1 Å². The van der Waals surface area contributed by atoms with Crippen molar-refractivity contribution in [1.82, 2.24) is 10.2 Å². The number of carbonyl (C=O) groups is 1. The van der Waals surface area contributed by atoms with E-state index in [-0.39, 0.29) is 11.7 Å². The molecule has 1 aliphatic heterocycles. The molecule has 5 heteroatoms. The van der Waals surface area contributed by atoms with E-state index in [0.717, 1.165) is 32.8 Å². The van der Waals surface area contributed by atoms with E-state index in [2.05, 4.69) is 10.2 Å². The van der Waals surface area contributed by atoms with Crippen molar-refractivity contribution in [2.75, 3.05) is 39.4 Å². The molecule has 1 aromatic carbocycles. The summed E-state index contributed by atoms with van der Waals surface area (Å²) in [5.74, 6) is -0.536. The summed E-state index contributed by atoms with van der Waals surface area (Å²) in [4.78, 5) is 13.8. The van der Waals surface area contributed by atoms with E-state index in [1.54, 1.807) is 18.2 Å². The van der Waals surface area contributed by atoms with Gasteiger partial charge in [0.15, 0.2) is 0 Å². The van der Waals surface area contributed by atoms with Crippen LogP contribution in [0.3, 0.4) is 0 Å². The predicted octanol–water partition coefficient (Wildman–Crippen LogP) is 1.29. The zero-order valence-electron chi connectivity index (χ0n) is 11.3. The second-order valence-corrected chi connectivity index (χ2v) is 4.60. The molecule has 0 spiro atoms. The molecule has 0 aliphatic carbocycles. The molecular formula is C15H19FN2O2. The number of benzene rings is 1. The molecule has 2 rings (SSSR count). The highest BCUT2D eigenvalue weighted by atomic mass is 19.1. The Kier molecular flexibility index (Phi) is 5.70. The minimum Gasteiger partial charge on any atom is -0.379 e. The third-order valence-electron chi connectivity index (χ3n) is 3.15. The highest BCUT2D eigenvalue weighted by Gasteiger charge is 2.09. The van der Waals surface area contributed by atoms with Gasteiger partial charge in [-0.05, 0) is 12.1 Å². The number of hydrogen-bond donors (Lipinski definition) is 1. The average Bonchev–Trinajstić information content (AvgIpc) is 2.47. The minimum absolute atomic E-state index is 0.207. The molecule has 1 N–H and O–H groups in total. The van der Waals surface area contributed by atoms with Crippen LogP contribution in [0.25, 0.3) is 6.08 Å². The topological polar surface area (TPSA) is 41.6 Å². The standard InChI is InChI=1S/C15H19FN2O2/c16-14-4-2-1-3-13(14)5-6-15(19)17-7-8-18-9-11-20-12-10-18/h1-6H,7-12H2,(H,17,19). The van der Waals surface area contributed by atoms with Gasteiger partial charge in [0.25, 0.3) is 0 Å². The second-order valence-electron chi connectivity index (χ2n) is 4.60. The van der Waals surface area contributed by atoms with Crippen LogP contribution in [0.5, 0.6) is 0 Å². The maximum absolute atomic E-state index is 13.3. The number of amides is 1. The molecular weight excluding hydrogens is 259 g/mol. The second kappa shape index (κ2) is 7.77. The first-order chi connectivity index (χ1) is 9.75. The van der Waals surface area contributed by atoms with Gasteiger partial charge in [-0.1, -0.05) is 18.2 Å². The monoisotopic (exact) mass is 278 g/mol. The molecule has 1 saturated heterocycles. The molecule has 0 atom stereocenters. The lowest BCUT2D eigenvalue weighted by atomic mass is 10.2. The maximum atomic E-state index is 13.3. The fraction of sp³-hybridized carbons (Fsp3) is 0.400. The Bertz CT molecular complexity index is 471. The lowest BCUT2D eigenvalue weighted by Gasteiger charge is -2.26. The first-order valence-electron chi connectivity index (χ1n) is 6.76. The Morgan fingerprint density at radius 1 is 1.35 bits per heavy atom. The molecule has 0 radical (unpaired) electrons. The number of rotatable bonds is 5. The summed E-state index contributed by atoms with van der Waals surface area (Å²) in [6, 6.07) is 6.36. The number of nitrogens with one attached hydrogen (secondary N) is 1.